The normalized spacial score (nSPS) is 17.1. The summed E-state index contributed by atoms with van der Waals surface area (Å²) in [5.41, 5.74) is 0.254. The van der Waals surface area contributed by atoms with Gasteiger partial charge in [0.25, 0.3) is 0 Å². The van der Waals surface area contributed by atoms with Gasteiger partial charge >= 0.3 is 5.97 Å². The van der Waals surface area contributed by atoms with E-state index in [1.807, 2.05) is 6.92 Å². The largest absolute Gasteiger partial charge is 0.478 e. The van der Waals surface area contributed by atoms with Gasteiger partial charge < -0.3 is 5.11 Å². The van der Waals surface area contributed by atoms with Crippen molar-refractivity contribution in [1.29, 1.82) is 0 Å². The first-order valence-corrected chi connectivity index (χ1v) is 5.16. The second-order valence-corrected chi connectivity index (χ2v) is 4.61. The lowest BCUT2D eigenvalue weighted by molar-refractivity contribution is -0.132. The summed E-state index contributed by atoms with van der Waals surface area (Å²) in [4.78, 5) is 10.4. The molecule has 0 amide bonds. The highest BCUT2D eigenvalue weighted by Gasteiger charge is 2.08. The zero-order chi connectivity index (χ0) is 9.72. The first-order valence-electron chi connectivity index (χ1n) is 3.78. The van der Waals surface area contributed by atoms with E-state index < -0.39 is 16.8 Å². The lowest BCUT2D eigenvalue weighted by atomic mass is 10.2. The minimum Gasteiger partial charge on any atom is -0.478 e. The Hall–Kier alpha value is -0.640. The molecule has 0 aromatic rings. The Morgan fingerprint density at radius 2 is 2.17 bits per heavy atom. The molecular weight excluding hydrogens is 176 g/mol. The topological polar surface area (TPSA) is 54.4 Å². The van der Waals surface area contributed by atoms with E-state index >= 15 is 0 Å². The van der Waals surface area contributed by atoms with Crippen LogP contribution in [0.3, 0.4) is 0 Å². The summed E-state index contributed by atoms with van der Waals surface area (Å²) in [5.74, 6) is -0.389. The van der Waals surface area contributed by atoms with Gasteiger partial charge in [0.05, 0.1) is 5.25 Å². The number of carboxylic acid groups (broad SMARTS) is 1. The Kier molecular flexibility index (Phi) is 4.81. The van der Waals surface area contributed by atoms with Crippen molar-refractivity contribution in [2.24, 2.45) is 0 Å². The van der Waals surface area contributed by atoms with Crippen LogP contribution >= 0.6 is 0 Å². The van der Waals surface area contributed by atoms with Gasteiger partial charge in [0.15, 0.2) is 0 Å². The summed E-state index contributed by atoms with van der Waals surface area (Å²) >= 11 is 0. The molecule has 70 valence electrons. The third-order valence-corrected chi connectivity index (χ3v) is 3.06. The van der Waals surface area contributed by atoms with E-state index in [0.29, 0.717) is 5.75 Å². The van der Waals surface area contributed by atoms with Crippen molar-refractivity contribution in [3.05, 3.63) is 11.6 Å². The fourth-order valence-corrected chi connectivity index (χ4v) is 1.64. The summed E-state index contributed by atoms with van der Waals surface area (Å²) in [6, 6.07) is 0. The molecule has 0 heterocycles. The van der Waals surface area contributed by atoms with Crippen molar-refractivity contribution >= 4 is 16.8 Å². The van der Waals surface area contributed by atoms with Crippen molar-refractivity contribution in [3.8, 4) is 0 Å². The van der Waals surface area contributed by atoms with Crippen molar-refractivity contribution in [2.75, 3.05) is 5.75 Å². The van der Waals surface area contributed by atoms with Gasteiger partial charge in [-0.3, -0.25) is 4.21 Å². The quantitative estimate of drug-likeness (QED) is 0.677. The summed E-state index contributed by atoms with van der Waals surface area (Å²) in [6.45, 7) is 5.08. The van der Waals surface area contributed by atoms with Gasteiger partial charge in [-0.05, 0) is 13.8 Å². The monoisotopic (exact) mass is 190 g/mol. The number of rotatable bonds is 4. The van der Waals surface area contributed by atoms with E-state index in [2.05, 4.69) is 0 Å². The van der Waals surface area contributed by atoms with Gasteiger partial charge in [0.2, 0.25) is 0 Å². The Balaban J connectivity index is 4.33. The van der Waals surface area contributed by atoms with Crippen LogP contribution in [0.5, 0.6) is 0 Å². The molecule has 0 bridgehead atoms. The Bertz CT molecular complexity index is 220. The lowest BCUT2D eigenvalue weighted by Gasteiger charge is -2.04. The molecule has 3 nitrogen and oxygen atoms in total. The minimum absolute atomic E-state index is 0.175. The number of hydrogen-bond donors (Lipinski definition) is 1. The van der Waals surface area contributed by atoms with Crippen LogP contribution in [0.25, 0.3) is 0 Å². The van der Waals surface area contributed by atoms with Crippen LogP contribution in [0.15, 0.2) is 11.6 Å². The molecule has 0 spiro atoms. The highest BCUT2D eigenvalue weighted by Crippen LogP contribution is 2.02. The van der Waals surface area contributed by atoms with Crippen LogP contribution in [0.4, 0.5) is 0 Å². The highest BCUT2D eigenvalue weighted by atomic mass is 32.2. The predicted molar refractivity (Wildman–Crippen MR) is 49.5 cm³/mol. The molecule has 2 atom stereocenters. The molecule has 12 heavy (non-hydrogen) atoms. The molecule has 1 N–H and O–H groups in total. The van der Waals surface area contributed by atoms with E-state index in [1.54, 1.807) is 6.92 Å². The predicted octanol–water partition coefficient (Wildman–Crippen LogP) is 1.17. The van der Waals surface area contributed by atoms with Gasteiger partial charge in [-0.1, -0.05) is 13.0 Å². The summed E-state index contributed by atoms with van der Waals surface area (Å²) in [5, 5.41) is 8.34. The van der Waals surface area contributed by atoms with Gasteiger partial charge in [-0.25, -0.2) is 4.79 Å². The highest BCUT2D eigenvalue weighted by molar-refractivity contribution is 7.85. The average Bonchev–Trinajstić information content (AvgIpc) is 2.02. The van der Waals surface area contributed by atoms with Crippen LogP contribution < -0.4 is 0 Å². The van der Waals surface area contributed by atoms with Crippen molar-refractivity contribution < 1.29 is 14.1 Å². The van der Waals surface area contributed by atoms with E-state index in [9.17, 15) is 9.00 Å². The first kappa shape index (κ1) is 11.4. The molecule has 0 saturated heterocycles. The summed E-state index contributed by atoms with van der Waals surface area (Å²) in [7, 11) is -0.949. The molecule has 0 aliphatic heterocycles. The number of hydrogen-bond acceptors (Lipinski definition) is 2. The Morgan fingerprint density at radius 1 is 1.67 bits per heavy atom. The smallest absolute Gasteiger partial charge is 0.330 e. The van der Waals surface area contributed by atoms with E-state index in [4.69, 9.17) is 5.11 Å². The van der Waals surface area contributed by atoms with E-state index in [0.717, 1.165) is 0 Å². The fraction of sp³-hybridized carbons (Fsp3) is 0.625. The molecule has 0 rings (SSSR count). The number of carbonyl (C=O) groups is 1. The first-order chi connectivity index (χ1) is 5.49. The third kappa shape index (κ3) is 3.67. The van der Waals surface area contributed by atoms with Crippen LogP contribution in [0.1, 0.15) is 20.8 Å². The van der Waals surface area contributed by atoms with E-state index in [1.165, 1.54) is 13.0 Å². The molecular formula is C8H14O3S. The van der Waals surface area contributed by atoms with Crippen LogP contribution in [-0.4, -0.2) is 26.3 Å². The molecule has 0 fully saturated rings. The lowest BCUT2D eigenvalue weighted by Crippen LogP contribution is -2.11. The van der Waals surface area contributed by atoms with E-state index in [-0.39, 0.29) is 10.8 Å². The second kappa shape index (κ2) is 5.09. The maximum atomic E-state index is 11.1. The zero-order valence-corrected chi connectivity index (χ0v) is 8.35. The maximum Gasteiger partial charge on any atom is 0.330 e. The third-order valence-electron chi connectivity index (χ3n) is 1.52. The van der Waals surface area contributed by atoms with Gasteiger partial charge in [0, 0.05) is 22.1 Å². The van der Waals surface area contributed by atoms with Crippen molar-refractivity contribution in [3.63, 3.8) is 0 Å². The number of aliphatic carboxylic acids is 1. The average molecular weight is 190 g/mol. The van der Waals surface area contributed by atoms with Gasteiger partial charge in [-0.2, -0.15) is 0 Å². The molecule has 4 heteroatoms. The molecule has 0 aromatic heterocycles. The van der Waals surface area contributed by atoms with Gasteiger partial charge in [0.1, 0.15) is 0 Å². The molecule has 0 aliphatic carbocycles. The van der Waals surface area contributed by atoms with Crippen LogP contribution in [0, 0.1) is 0 Å². The molecule has 2 unspecified atom stereocenters. The number of carboxylic acids is 1. The Labute approximate surface area is 74.9 Å². The summed E-state index contributed by atoms with van der Waals surface area (Å²) < 4.78 is 11.1. The molecule has 0 radical (unpaired) electrons. The molecule has 0 aromatic carbocycles. The Morgan fingerprint density at radius 3 is 2.50 bits per heavy atom. The van der Waals surface area contributed by atoms with Crippen LogP contribution in [-0.2, 0) is 15.6 Å². The van der Waals surface area contributed by atoms with Gasteiger partial charge in [-0.15, -0.1) is 0 Å². The zero-order valence-electron chi connectivity index (χ0n) is 7.53. The SMILES string of the molecule is CCS(=O)C(C)C=C(C)C(=O)O. The van der Waals surface area contributed by atoms with Crippen molar-refractivity contribution in [2.45, 2.75) is 26.0 Å². The molecule has 0 aliphatic rings. The summed E-state index contributed by atoms with van der Waals surface area (Å²) in [6.07, 6.45) is 1.53. The van der Waals surface area contributed by atoms with Crippen LogP contribution in [0.2, 0.25) is 0 Å². The standard InChI is InChI=1S/C8H14O3S/c1-4-12(11)7(3)5-6(2)8(9)10/h5,7H,4H2,1-3H3,(H,9,10). The molecule has 0 saturated carbocycles. The second-order valence-electron chi connectivity index (χ2n) is 2.53. The maximum absolute atomic E-state index is 11.1. The fourth-order valence-electron chi connectivity index (χ4n) is 0.762. The van der Waals surface area contributed by atoms with Crippen molar-refractivity contribution in [1.82, 2.24) is 0 Å². The minimum atomic E-state index is -0.949.